The molecule has 28 heavy (non-hydrogen) atoms. The van der Waals surface area contributed by atoms with Crippen LogP contribution in [-0.2, 0) is 0 Å². The predicted molar refractivity (Wildman–Crippen MR) is 96.4 cm³/mol. The van der Waals surface area contributed by atoms with Gasteiger partial charge in [0, 0.05) is 11.1 Å². The normalized spacial score (nSPS) is 10.2. The summed E-state index contributed by atoms with van der Waals surface area (Å²) in [6.07, 6.45) is 0. The van der Waals surface area contributed by atoms with Crippen LogP contribution in [0.4, 0.5) is 0 Å². The van der Waals surface area contributed by atoms with Crippen LogP contribution in [0.25, 0.3) is 0 Å². The number of carbonyl (C=O) groups excluding carboxylic acids is 2. The van der Waals surface area contributed by atoms with E-state index in [9.17, 15) is 9.59 Å². The van der Waals surface area contributed by atoms with Gasteiger partial charge in [-0.2, -0.15) is 0 Å². The minimum atomic E-state index is -0.550. The summed E-state index contributed by atoms with van der Waals surface area (Å²) >= 11 is 0. The van der Waals surface area contributed by atoms with E-state index < -0.39 is 11.8 Å². The van der Waals surface area contributed by atoms with E-state index in [1.165, 1.54) is 31.4 Å². The van der Waals surface area contributed by atoms with Crippen LogP contribution in [0.5, 0.6) is 29.5 Å². The Morgan fingerprint density at radius 3 is 1.36 bits per heavy atom. The summed E-state index contributed by atoms with van der Waals surface area (Å²) in [5.41, 5.74) is 11.1. The van der Waals surface area contributed by atoms with Gasteiger partial charge in [0.05, 0.1) is 7.11 Å². The molecule has 0 unspecified atom stereocenters. The maximum Gasteiger partial charge on any atom is 0.331 e. The van der Waals surface area contributed by atoms with Crippen molar-refractivity contribution in [1.82, 2.24) is 15.0 Å². The summed E-state index contributed by atoms with van der Waals surface area (Å²) < 4.78 is 16.1. The van der Waals surface area contributed by atoms with E-state index in [1.54, 1.807) is 24.3 Å². The highest BCUT2D eigenvalue weighted by Crippen LogP contribution is 2.24. The monoisotopic (exact) mass is 381 g/mol. The molecule has 0 aliphatic carbocycles. The van der Waals surface area contributed by atoms with E-state index in [1.807, 2.05) is 0 Å². The lowest BCUT2D eigenvalue weighted by molar-refractivity contribution is 0.0992. The Morgan fingerprint density at radius 2 is 1.04 bits per heavy atom. The quantitative estimate of drug-likeness (QED) is 0.626. The Bertz CT molecular complexity index is 928. The molecule has 0 atom stereocenters. The first-order valence-corrected chi connectivity index (χ1v) is 7.90. The molecule has 2 aromatic carbocycles. The number of rotatable bonds is 7. The first kappa shape index (κ1) is 18.6. The van der Waals surface area contributed by atoms with Gasteiger partial charge >= 0.3 is 18.0 Å². The lowest BCUT2D eigenvalue weighted by Crippen LogP contribution is -2.10. The van der Waals surface area contributed by atoms with Crippen LogP contribution in [0.2, 0.25) is 0 Å². The van der Waals surface area contributed by atoms with Crippen molar-refractivity contribution in [1.29, 1.82) is 0 Å². The molecule has 1 aromatic heterocycles. The number of carbonyl (C=O) groups is 2. The fourth-order valence-corrected chi connectivity index (χ4v) is 2.09. The van der Waals surface area contributed by atoms with Crippen molar-refractivity contribution in [3.63, 3.8) is 0 Å². The summed E-state index contributed by atoms with van der Waals surface area (Å²) in [6.45, 7) is 0. The zero-order valence-electron chi connectivity index (χ0n) is 14.7. The number of nitrogens with two attached hydrogens (primary N) is 2. The van der Waals surface area contributed by atoms with E-state index in [-0.39, 0.29) is 18.0 Å². The highest BCUT2D eigenvalue weighted by atomic mass is 16.5. The molecule has 0 aliphatic heterocycles. The van der Waals surface area contributed by atoms with Gasteiger partial charge in [-0.3, -0.25) is 9.59 Å². The number of hydrogen-bond donors (Lipinski definition) is 2. The third kappa shape index (κ3) is 4.49. The van der Waals surface area contributed by atoms with Gasteiger partial charge in [-0.05, 0) is 48.5 Å². The topological polar surface area (TPSA) is 153 Å². The summed E-state index contributed by atoms with van der Waals surface area (Å²) in [7, 11) is 1.38. The zero-order valence-corrected chi connectivity index (χ0v) is 14.7. The minimum absolute atomic E-state index is 0.0255. The standard InChI is InChI=1S/C18H15N5O5/c1-26-16-21-17(27-12-6-2-10(3-7-12)14(19)24)23-18(22-16)28-13-8-4-11(5-9-13)15(20)25/h2-9H,1H3,(H2,19,24)(H2,20,25). The van der Waals surface area contributed by atoms with E-state index in [0.717, 1.165) is 0 Å². The average molecular weight is 381 g/mol. The van der Waals surface area contributed by atoms with Crippen LogP contribution in [0.3, 0.4) is 0 Å². The van der Waals surface area contributed by atoms with Crippen molar-refractivity contribution in [2.24, 2.45) is 11.5 Å². The number of aromatic nitrogens is 3. The van der Waals surface area contributed by atoms with Crippen LogP contribution in [0.1, 0.15) is 20.7 Å². The molecule has 4 N–H and O–H groups in total. The van der Waals surface area contributed by atoms with Crippen LogP contribution in [0, 0.1) is 0 Å². The molecule has 0 fully saturated rings. The summed E-state index contributed by atoms with van der Waals surface area (Å²) in [6, 6.07) is 12.0. The first-order chi connectivity index (χ1) is 13.4. The predicted octanol–water partition coefficient (Wildman–Crippen LogP) is 1.66. The average Bonchev–Trinajstić information content (AvgIpc) is 2.68. The number of ether oxygens (including phenoxy) is 3. The van der Waals surface area contributed by atoms with Gasteiger partial charge in [0.25, 0.3) is 0 Å². The zero-order chi connectivity index (χ0) is 20.1. The van der Waals surface area contributed by atoms with Crippen LogP contribution >= 0.6 is 0 Å². The number of amides is 2. The Hall–Kier alpha value is -4.21. The molecule has 1 heterocycles. The molecule has 0 bridgehead atoms. The molecule has 3 aromatic rings. The SMILES string of the molecule is COc1nc(Oc2ccc(C(N)=O)cc2)nc(Oc2ccc(C(N)=O)cc2)n1. The smallest absolute Gasteiger partial charge is 0.331 e. The fraction of sp³-hybridized carbons (Fsp3) is 0.0556. The highest BCUT2D eigenvalue weighted by molar-refractivity contribution is 5.93. The lowest BCUT2D eigenvalue weighted by atomic mass is 10.2. The molecule has 3 rings (SSSR count). The molecular weight excluding hydrogens is 366 g/mol. The molecule has 0 spiro atoms. The second-order valence-corrected chi connectivity index (χ2v) is 5.37. The van der Waals surface area contributed by atoms with Gasteiger partial charge in [0.15, 0.2) is 0 Å². The molecule has 10 nitrogen and oxygen atoms in total. The Balaban J connectivity index is 1.81. The van der Waals surface area contributed by atoms with Crippen molar-refractivity contribution in [3.05, 3.63) is 59.7 Å². The maximum absolute atomic E-state index is 11.1. The van der Waals surface area contributed by atoms with E-state index in [4.69, 9.17) is 25.7 Å². The van der Waals surface area contributed by atoms with E-state index >= 15 is 0 Å². The van der Waals surface area contributed by atoms with Crippen molar-refractivity contribution >= 4 is 11.8 Å². The number of methoxy groups -OCH3 is 1. The van der Waals surface area contributed by atoms with Gasteiger partial charge in [-0.1, -0.05) is 0 Å². The molecule has 10 heteroatoms. The summed E-state index contributed by atoms with van der Waals surface area (Å²) in [4.78, 5) is 34.3. The van der Waals surface area contributed by atoms with Crippen molar-refractivity contribution < 1.29 is 23.8 Å². The molecule has 2 amide bonds. The number of nitrogens with zero attached hydrogens (tertiary/aromatic N) is 3. The summed E-state index contributed by atoms with van der Waals surface area (Å²) in [5, 5.41) is 0. The van der Waals surface area contributed by atoms with Crippen LogP contribution < -0.4 is 25.7 Å². The van der Waals surface area contributed by atoms with Gasteiger partial charge in [0.1, 0.15) is 11.5 Å². The summed E-state index contributed by atoms with van der Waals surface area (Å²) in [5.74, 6) is -0.358. The molecule has 0 saturated carbocycles. The maximum atomic E-state index is 11.1. The molecule has 142 valence electrons. The number of hydrogen-bond acceptors (Lipinski definition) is 8. The first-order valence-electron chi connectivity index (χ1n) is 7.90. The number of primary amides is 2. The molecule has 0 saturated heterocycles. The van der Waals surface area contributed by atoms with Gasteiger partial charge in [-0.15, -0.1) is 15.0 Å². The minimum Gasteiger partial charge on any atom is -0.467 e. The van der Waals surface area contributed by atoms with Gasteiger partial charge in [-0.25, -0.2) is 0 Å². The number of benzene rings is 2. The van der Waals surface area contributed by atoms with Gasteiger partial charge in [0.2, 0.25) is 11.8 Å². The van der Waals surface area contributed by atoms with E-state index in [2.05, 4.69) is 15.0 Å². The van der Waals surface area contributed by atoms with Gasteiger partial charge < -0.3 is 25.7 Å². The van der Waals surface area contributed by atoms with Crippen molar-refractivity contribution in [3.8, 4) is 29.5 Å². The van der Waals surface area contributed by atoms with Crippen molar-refractivity contribution in [2.75, 3.05) is 7.11 Å². The largest absolute Gasteiger partial charge is 0.467 e. The highest BCUT2D eigenvalue weighted by Gasteiger charge is 2.12. The Labute approximate surface area is 159 Å². The third-order valence-corrected chi connectivity index (χ3v) is 3.45. The third-order valence-electron chi connectivity index (χ3n) is 3.45. The Morgan fingerprint density at radius 1 is 0.679 bits per heavy atom. The second-order valence-electron chi connectivity index (χ2n) is 5.37. The van der Waals surface area contributed by atoms with E-state index in [0.29, 0.717) is 22.6 Å². The second kappa shape index (κ2) is 7.99. The lowest BCUT2D eigenvalue weighted by Gasteiger charge is -2.08. The van der Waals surface area contributed by atoms with Crippen LogP contribution in [0.15, 0.2) is 48.5 Å². The van der Waals surface area contributed by atoms with Crippen molar-refractivity contribution in [2.45, 2.75) is 0 Å². The fourth-order valence-electron chi connectivity index (χ4n) is 2.09. The molecule has 0 aliphatic rings. The van der Waals surface area contributed by atoms with Crippen LogP contribution in [-0.4, -0.2) is 33.9 Å². The Kier molecular flexibility index (Phi) is 5.30. The molecule has 0 radical (unpaired) electrons. The molecular formula is C18H15N5O5.